The van der Waals surface area contributed by atoms with Crippen LogP contribution in [-0.4, -0.2) is 31.4 Å². The summed E-state index contributed by atoms with van der Waals surface area (Å²) in [5.74, 6) is 0.0705. The Hall–Kier alpha value is -3.16. The van der Waals surface area contributed by atoms with Crippen LogP contribution in [-0.2, 0) is 9.63 Å². The van der Waals surface area contributed by atoms with Crippen molar-refractivity contribution < 1.29 is 27.9 Å². The Bertz CT molecular complexity index is 784. The molecule has 0 aliphatic rings. The first-order valence-corrected chi connectivity index (χ1v) is 8.27. The van der Waals surface area contributed by atoms with E-state index < -0.39 is 18.6 Å². The second-order valence-electron chi connectivity index (χ2n) is 5.32. The van der Waals surface area contributed by atoms with Crippen LogP contribution >= 0.6 is 0 Å². The van der Waals surface area contributed by atoms with Crippen molar-refractivity contribution in [1.82, 2.24) is 0 Å². The van der Waals surface area contributed by atoms with Crippen LogP contribution in [0, 0.1) is 0 Å². The Morgan fingerprint density at radius 1 is 1.15 bits per heavy atom. The van der Waals surface area contributed by atoms with E-state index in [1.807, 2.05) is 6.92 Å². The van der Waals surface area contributed by atoms with E-state index in [0.29, 0.717) is 23.6 Å². The summed E-state index contributed by atoms with van der Waals surface area (Å²) >= 11 is 0. The van der Waals surface area contributed by atoms with Gasteiger partial charge in [-0.25, -0.2) is 0 Å². The molecule has 0 aliphatic carbocycles. The lowest BCUT2D eigenvalue weighted by Crippen LogP contribution is -2.26. The van der Waals surface area contributed by atoms with Crippen LogP contribution in [0.4, 0.5) is 14.5 Å². The second kappa shape index (κ2) is 10.1. The normalized spacial score (nSPS) is 12.0. The summed E-state index contributed by atoms with van der Waals surface area (Å²) in [7, 11) is 0. The maximum atomic E-state index is 12.4. The summed E-state index contributed by atoms with van der Waals surface area (Å²) in [6.07, 6.45) is 0.287. The van der Waals surface area contributed by atoms with Gasteiger partial charge in [-0.05, 0) is 38.1 Å². The molecule has 0 spiro atoms. The predicted octanol–water partition coefficient (Wildman–Crippen LogP) is 4.06. The molecule has 0 fully saturated rings. The molecule has 0 aliphatic heterocycles. The molecule has 0 aromatic heterocycles. The van der Waals surface area contributed by atoms with Gasteiger partial charge >= 0.3 is 6.61 Å². The number of nitrogens with one attached hydrogen (secondary N) is 1. The van der Waals surface area contributed by atoms with E-state index in [0.717, 1.165) is 0 Å². The lowest BCUT2D eigenvalue weighted by molar-refractivity contribution is -0.126. The number of ether oxygens (including phenoxy) is 2. The SMILES string of the molecule is CCOc1ccccc1NC(=O)C(C)O/N=C/c1ccccc1OC(F)F. The molecule has 1 amide bonds. The van der Waals surface area contributed by atoms with Crippen LogP contribution in [0.15, 0.2) is 53.7 Å². The average molecular weight is 378 g/mol. The minimum absolute atomic E-state index is 0.0393. The molecule has 144 valence electrons. The third kappa shape index (κ3) is 6.25. The lowest BCUT2D eigenvalue weighted by atomic mass is 10.2. The fourth-order valence-electron chi connectivity index (χ4n) is 2.10. The van der Waals surface area contributed by atoms with E-state index in [2.05, 4.69) is 15.2 Å². The topological polar surface area (TPSA) is 69.2 Å². The van der Waals surface area contributed by atoms with E-state index in [1.165, 1.54) is 25.3 Å². The number of nitrogens with zero attached hydrogens (tertiary/aromatic N) is 1. The highest BCUT2D eigenvalue weighted by Gasteiger charge is 2.16. The van der Waals surface area contributed by atoms with Crippen molar-refractivity contribution in [3.05, 3.63) is 54.1 Å². The zero-order valence-electron chi connectivity index (χ0n) is 14.9. The molecule has 1 atom stereocenters. The third-order valence-electron chi connectivity index (χ3n) is 3.36. The molecule has 1 unspecified atom stereocenters. The summed E-state index contributed by atoms with van der Waals surface area (Å²) in [6, 6.07) is 13.1. The molecule has 2 aromatic carbocycles. The predicted molar refractivity (Wildman–Crippen MR) is 97.5 cm³/mol. The number of carbonyl (C=O) groups is 1. The molecule has 2 rings (SSSR count). The fourth-order valence-corrected chi connectivity index (χ4v) is 2.10. The number of amides is 1. The van der Waals surface area contributed by atoms with Crippen molar-refractivity contribution in [3.8, 4) is 11.5 Å². The fraction of sp³-hybridized carbons (Fsp3) is 0.263. The van der Waals surface area contributed by atoms with Gasteiger partial charge in [0.2, 0.25) is 6.10 Å². The first-order valence-electron chi connectivity index (χ1n) is 8.27. The number of alkyl halides is 2. The molecule has 0 saturated heterocycles. The zero-order chi connectivity index (χ0) is 19.6. The van der Waals surface area contributed by atoms with Gasteiger partial charge in [0.25, 0.3) is 5.91 Å². The van der Waals surface area contributed by atoms with Gasteiger partial charge in [0.1, 0.15) is 11.5 Å². The zero-order valence-corrected chi connectivity index (χ0v) is 14.9. The van der Waals surface area contributed by atoms with Gasteiger partial charge in [-0.2, -0.15) is 8.78 Å². The molecule has 2 aromatic rings. The average Bonchev–Trinajstić information content (AvgIpc) is 2.64. The van der Waals surface area contributed by atoms with Crippen LogP contribution in [0.25, 0.3) is 0 Å². The number of halogens is 2. The Morgan fingerprint density at radius 3 is 2.52 bits per heavy atom. The Kier molecular flexibility index (Phi) is 7.54. The van der Waals surface area contributed by atoms with Crippen LogP contribution < -0.4 is 14.8 Å². The van der Waals surface area contributed by atoms with Crippen molar-refractivity contribution in [2.45, 2.75) is 26.6 Å². The maximum absolute atomic E-state index is 12.4. The molecule has 1 N–H and O–H groups in total. The van der Waals surface area contributed by atoms with Crippen molar-refractivity contribution in [2.75, 3.05) is 11.9 Å². The van der Waals surface area contributed by atoms with E-state index in [-0.39, 0.29) is 5.75 Å². The molecule has 6 nitrogen and oxygen atoms in total. The van der Waals surface area contributed by atoms with Crippen LogP contribution in [0.3, 0.4) is 0 Å². The van der Waals surface area contributed by atoms with Crippen molar-refractivity contribution in [2.24, 2.45) is 5.16 Å². The van der Waals surface area contributed by atoms with Crippen LogP contribution in [0.1, 0.15) is 19.4 Å². The van der Waals surface area contributed by atoms with E-state index in [1.54, 1.807) is 36.4 Å². The van der Waals surface area contributed by atoms with Crippen molar-refractivity contribution in [1.29, 1.82) is 0 Å². The van der Waals surface area contributed by atoms with Gasteiger partial charge in [-0.3, -0.25) is 4.79 Å². The highest BCUT2D eigenvalue weighted by atomic mass is 19.3. The first-order chi connectivity index (χ1) is 13.0. The number of hydrogen-bond donors (Lipinski definition) is 1. The smallest absolute Gasteiger partial charge is 0.387 e. The molecule has 0 radical (unpaired) electrons. The second-order valence-corrected chi connectivity index (χ2v) is 5.32. The number of hydrogen-bond acceptors (Lipinski definition) is 5. The standard InChI is InChI=1S/C19H20F2N2O4/c1-3-25-17-11-7-5-9-15(17)23-18(24)13(2)27-22-12-14-8-4-6-10-16(14)26-19(20)21/h4-13,19H,3H2,1-2H3,(H,23,24)/b22-12+. The first kappa shape index (κ1) is 20.2. The van der Waals surface area contributed by atoms with Gasteiger partial charge in [-0.1, -0.05) is 29.4 Å². The number of carbonyl (C=O) groups excluding carboxylic acids is 1. The number of benzene rings is 2. The van der Waals surface area contributed by atoms with Gasteiger partial charge in [0.05, 0.1) is 18.5 Å². The van der Waals surface area contributed by atoms with Crippen molar-refractivity contribution >= 4 is 17.8 Å². The number of para-hydroxylation sites is 3. The van der Waals surface area contributed by atoms with E-state index in [9.17, 15) is 13.6 Å². The van der Waals surface area contributed by atoms with Gasteiger partial charge < -0.3 is 19.6 Å². The maximum Gasteiger partial charge on any atom is 0.387 e. The molecule has 27 heavy (non-hydrogen) atoms. The molecular weight excluding hydrogens is 358 g/mol. The molecule has 0 heterocycles. The summed E-state index contributed by atoms with van der Waals surface area (Å²) < 4.78 is 34.6. The minimum Gasteiger partial charge on any atom is -0.492 e. The molecule has 0 bridgehead atoms. The lowest BCUT2D eigenvalue weighted by Gasteiger charge is -2.14. The highest BCUT2D eigenvalue weighted by molar-refractivity contribution is 5.95. The van der Waals surface area contributed by atoms with Crippen LogP contribution in [0.2, 0.25) is 0 Å². The molecule has 0 saturated carbocycles. The van der Waals surface area contributed by atoms with Gasteiger partial charge in [-0.15, -0.1) is 0 Å². The Balaban J connectivity index is 1.97. The van der Waals surface area contributed by atoms with E-state index in [4.69, 9.17) is 9.57 Å². The minimum atomic E-state index is -2.95. The number of anilines is 1. The van der Waals surface area contributed by atoms with Gasteiger partial charge in [0, 0.05) is 5.56 Å². The largest absolute Gasteiger partial charge is 0.492 e. The summed E-state index contributed by atoms with van der Waals surface area (Å²) in [6.45, 7) is 0.866. The quantitative estimate of drug-likeness (QED) is 0.528. The Morgan fingerprint density at radius 2 is 1.81 bits per heavy atom. The summed E-state index contributed by atoms with van der Waals surface area (Å²) in [5.41, 5.74) is 0.812. The number of rotatable bonds is 9. The molecule has 8 heteroatoms. The Labute approximate surface area is 155 Å². The summed E-state index contributed by atoms with van der Waals surface area (Å²) in [4.78, 5) is 17.3. The third-order valence-corrected chi connectivity index (χ3v) is 3.36. The molecular formula is C19H20F2N2O4. The summed E-state index contributed by atoms with van der Waals surface area (Å²) in [5, 5.41) is 6.38. The van der Waals surface area contributed by atoms with Crippen LogP contribution in [0.5, 0.6) is 11.5 Å². The monoisotopic (exact) mass is 378 g/mol. The van der Waals surface area contributed by atoms with E-state index >= 15 is 0 Å². The highest BCUT2D eigenvalue weighted by Crippen LogP contribution is 2.24. The van der Waals surface area contributed by atoms with Crippen molar-refractivity contribution in [3.63, 3.8) is 0 Å². The van der Waals surface area contributed by atoms with Gasteiger partial charge in [0.15, 0.2) is 0 Å². The number of oxime groups is 1.